The molecule has 208 valence electrons. The van der Waals surface area contributed by atoms with Crippen molar-refractivity contribution >= 4 is 34.3 Å². The second-order valence-corrected chi connectivity index (χ2v) is 11.3. The van der Waals surface area contributed by atoms with Crippen molar-refractivity contribution in [3.63, 3.8) is 0 Å². The van der Waals surface area contributed by atoms with Crippen LogP contribution in [0.25, 0.3) is 10.9 Å². The van der Waals surface area contributed by atoms with Crippen LogP contribution >= 0.6 is 0 Å². The number of carbonyl (C=O) groups excluding carboxylic acids is 1. The van der Waals surface area contributed by atoms with E-state index in [-0.39, 0.29) is 11.8 Å². The average molecular weight is 537 g/mol. The van der Waals surface area contributed by atoms with E-state index in [1.165, 1.54) is 11.1 Å². The fraction of sp³-hybridized carbons (Fsp3) is 0.364. The molecule has 1 saturated heterocycles. The summed E-state index contributed by atoms with van der Waals surface area (Å²) >= 11 is 0. The van der Waals surface area contributed by atoms with Crippen LogP contribution in [0.15, 0.2) is 72.8 Å². The summed E-state index contributed by atoms with van der Waals surface area (Å²) in [4.78, 5) is 26.8. The second kappa shape index (κ2) is 12.5. The van der Waals surface area contributed by atoms with Crippen LogP contribution in [0.3, 0.4) is 0 Å². The van der Waals surface area contributed by atoms with Gasteiger partial charge in [0.25, 0.3) is 0 Å². The number of carbonyl (C=O) groups is 1. The van der Waals surface area contributed by atoms with Gasteiger partial charge in [-0.2, -0.15) is 4.98 Å². The third-order valence-electron chi connectivity index (χ3n) is 7.66. The van der Waals surface area contributed by atoms with Gasteiger partial charge in [-0.3, -0.25) is 9.69 Å². The third-order valence-corrected chi connectivity index (χ3v) is 7.66. The zero-order valence-corrected chi connectivity index (χ0v) is 24.0. The van der Waals surface area contributed by atoms with E-state index in [0.29, 0.717) is 18.4 Å². The number of likely N-dealkylation sites (tertiary alicyclic amines) is 1. The largest absolute Gasteiger partial charge is 0.365 e. The van der Waals surface area contributed by atoms with Crippen molar-refractivity contribution in [2.24, 2.45) is 5.92 Å². The summed E-state index contributed by atoms with van der Waals surface area (Å²) in [5.41, 5.74) is 5.48. The highest BCUT2D eigenvalue weighted by Crippen LogP contribution is 2.27. The highest BCUT2D eigenvalue weighted by Gasteiger charge is 2.25. The molecule has 7 heteroatoms. The molecule has 2 N–H and O–H groups in total. The van der Waals surface area contributed by atoms with Crippen molar-refractivity contribution in [2.45, 2.75) is 45.7 Å². The van der Waals surface area contributed by atoms with Gasteiger partial charge in [-0.05, 0) is 72.8 Å². The first-order valence-corrected chi connectivity index (χ1v) is 14.2. The number of hydrogen-bond donors (Lipinski definition) is 2. The van der Waals surface area contributed by atoms with Gasteiger partial charge in [0.1, 0.15) is 5.82 Å². The highest BCUT2D eigenvalue weighted by atomic mass is 16.1. The van der Waals surface area contributed by atoms with Crippen LogP contribution in [-0.2, 0) is 17.9 Å². The lowest BCUT2D eigenvalue weighted by molar-refractivity contribution is -0.121. The smallest absolute Gasteiger partial charge is 0.227 e. The molecule has 7 nitrogen and oxygen atoms in total. The summed E-state index contributed by atoms with van der Waals surface area (Å²) in [6, 6.07) is 25.0. The Labute approximate surface area is 237 Å². The average Bonchev–Trinajstić information content (AvgIpc) is 2.97. The number of rotatable bonds is 9. The normalized spacial score (nSPS) is 14.4. The quantitative estimate of drug-likeness (QED) is 0.262. The fourth-order valence-electron chi connectivity index (χ4n) is 5.16. The van der Waals surface area contributed by atoms with E-state index in [9.17, 15) is 4.79 Å². The minimum atomic E-state index is 0.0570. The maximum atomic E-state index is 12.9. The molecule has 1 aliphatic heterocycles. The first-order chi connectivity index (χ1) is 19.4. The number of nitrogens with zero attached hydrogens (tertiary/aromatic N) is 4. The van der Waals surface area contributed by atoms with E-state index >= 15 is 0 Å². The Morgan fingerprint density at radius 3 is 2.35 bits per heavy atom. The molecule has 0 spiro atoms. The van der Waals surface area contributed by atoms with E-state index in [1.54, 1.807) is 0 Å². The number of anilines is 3. The molecule has 40 heavy (non-hydrogen) atoms. The minimum Gasteiger partial charge on any atom is -0.365 e. The summed E-state index contributed by atoms with van der Waals surface area (Å²) in [7, 11) is 3.91. The number of aromatic nitrogens is 2. The first kappa shape index (κ1) is 27.6. The van der Waals surface area contributed by atoms with Crippen LogP contribution in [0.2, 0.25) is 0 Å². The number of nitrogens with one attached hydrogen (secondary N) is 2. The van der Waals surface area contributed by atoms with E-state index < -0.39 is 0 Å². The maximum absolute atomic E-state index is 12.9. The van der Waals surface area contributed by atoms with Crippen molar-refractivity contribution in [2.75, 3.05) is 42.7 Å². The molecule has 0 unspecified atom stereocenters. The second-order valence-electron chi connectivity index (χ2n) is 11.3. The molecule has 2 heterocycles. The van der Waals surface area contributed by atoms with Crippen LogP contribution in [0, 0.1) is 5.92 Å². The van der Waals surface area contributed by atoms with Crippen LogP contribution in [0.1, 0.15) is 49.3 Å². The van der Waals surface area contributed by atoms with E-state index in [4.69, 9.17) is 9.97 Å². The molecule has 0 radical (unpaired) electrons. The highest BCUT2D eigenvalue weighted by molar-refractivity contribution is 5.93. The molecule has 5 rings (SSSR count). The van der Waals surface area contributed by atoms with Crippen LogP contribution < -0.4 is 15.5 Å². The fourth-order valence-corrected chi connectivity index (χ4v) is 5.16. The van der Waals surface area contributed by atoms with Gasteiger partial charge in [0.05, 0.1) is 5.52 Å². The van der Waals surface area contributed by atoms with Crippen LogP contribution in [0.4, 0.5) is 17.5 Å². The summed E-state index contributed by atoms with van der Waals surface area (Å²) in [5.74, 6) is 2.11. The van der Waals surface area contributed by atoms with Gasteiger partial charge in [-0.15, -0.1) is 0 Å². The van der Waals surface area contributed by atoms with Gasteiger partial charge in [-0.25, -0.2) is 4.98 Å². The van der Waals surface area contributed by atoms with Gasteiger partial charge in [0.15, 0.2) is 0 Å². The van der Waals surface area contributed by atoms with E-state index in [0.717, 1.165) is 60.4 Å². The molecule has 0 bridgehead atoms. The minimum absolute atomic E-state index is 0.0570. The first-order valence-electron chi connectivity index (χ1n) is 14.2. The predicted molar refractivity (Wildman–Crippen MR) is 165 cm³/mol. The summed E-state index contributed by atoms with van der Waals surface area (Å²) in [6.07, 6.45) is 1.78. The van der Waals surface area contributed by atoms with Crippen LogP contribution in [-0.4, -0.2) is 48.0 Å². The number of hydrogen-bond acceptors (Lipinski definition) is 6. The summed E-state index contributed by atoms with van der Waals surface area (Å²) in [5, 5.41) is 7.65. The molecule has 1 fully saturated rings. The van der Waals surface area contributed by atoms with E-state index in [1.807, 2.05) is 37.2 Å². The molecule has 0 aliphatic carbocycles. The van der Waals surface area contributed by atoms with Gasteiger partial charge < -0.3 is 15.5 Å². The van der Waals surface area contributed by atoms with Crippen molar-refractivity contribution in [1.29, 1.82) is 0 Å². The zero-order chi connectivity index (χ0) is 28.1. The van der Waals surface area contributed by atoms with E-state index in [2.05, 4.69) is 84.0 Å². The Morgan fingerprint density at radius 2 is 1.68 bits per heavy atom. The lowest BCUT2D eigenvalue weighted by atomic mass is 9.95. The Morgan fingerprint density at radius 1 is 0.950 bits per heavy atom. The molecule has 3 aromatic carbocycles. The number of fused-ring (bicyclic) bond motifs is 1. The Kier molecular flexibility index (Phi) is 8.60. The molecular formula is C33H40N6O. The van der Waals surface area contributed by atoms with Crippen LogP contribution in [0.5, 0.6) is 0 Å². The number of benzene rings is 3. The van der Waals surface area contributed by atoms with Crippen molar-refractivity contribution < 1.29 is 4.79 Å². The number of amides is 1. The summed E-state index contributed by atoms with van der Waals surface area (Å²) in [6.45, 7) is 7.85. The van der Waals surface area contributed by atoms with Crippen molar-refractivity contribution in [1.82, 2.24) is 14.9 Å². The third kappa shape index (κ3) is 6.77. The van der Waals surface area contributed by atoms with Crippen molar-refractivity contribution in [3.8, 4) is 0 Å². The molecule has 1 aliphatic rings. The Bertz CT molecular complexity index is 1420. The van der Waals surface area contributed by atoms with Crippen molar-refractivity contribution in [3.05, 3.63) is 89.5 Å². The Hall–Kier alpha value is -3.97. The molecule has 1 amide bonds. The van der Waals surface area contributed by atoms with Gasteiger partial charge >= 0.3 is 0 Å². The van der Waals surface area contributed by atoms with Gasteiger partial charge in [0.2, 0.25) is 11.9 Å². The lowest BCUT2D eigenvalue weighted by Crippen LogP contribution is -2.37. The predicted octanol–water partition coefficient (Wildman–Crippen LogP) is 6.28. The molecule has 4 aromatic rings. The molecular weight excluding hydrogens is 496 g/mol. The zero-order valence-electron chi connectivity index (χ0n) is 24.0. The summed E-state index contributed by atoms with van der Waals surface area (Å²) < 4.78 is 0. The maximum Gasteiger partial charge on any atom is 0.227 e. The Balaban J connectivity index is 1.17. The lowest BCUT2D eigenvalue weighted by Gasteiger charge is -2.31. The molecule has 0 saturated carbocycles. The number of piperidine rings is 1. The molecule has 1 aromatic heterocycles. The standard InChI is InChI=1S/C33H40N6O/c1-23(2)27-12-15-29-30(20-27)36-33(38(3)4)37-31(29)34-21-24-10-13-28(14-11-24)35-32(40)26-16-18-39(19-17-26)22-25-8-6-5-7-9-25/h5-15,20,23,26H,16-19,21-22H2,1-4H3,(H,35,40)(H,34,36,37). The van der Waals surface area contributed by atoms with Gasteiger partial charge in [-0.1, -0.05) is 62.4 Å². The topological polar surface area (TPSA) is 73.4 Å². The van der Waals surface area contributed by atoms with Gasteiger partial charge in [0, 0.05) is 44.2 Å². The SMILES string of the molecule is CC(C)c1ccc2c(NCc3ccc(NC(=O)C4CCN(Cc5ccccc5)CC4)cc3)nc(N(C)C)nc2c1. The monoisotopic (exact) mass is 536 g/mol. The molecule has 0 atom stereocenters.